The molecule has 0 aliphatic heterocycles. The number of carbonyl (C=O) groups excluding carboxylic acids is 1. The minimum absolute atomic E-state index is 0.154. The maximum atomic E-state index is 13.0. The van der Waals surface area contributed by atoms with Crippen LogP contribution in [0.2, 0.25) is 0 Å². The molecule has 3 N–H and O–H groups in total. The van der Waals surface area contributed by atoms with Gasteiger partial charge in [-0.1, -0.05) is 0 Å². The van der Waals surface area contributed by atoms with Gasteiger partial charge in [0.05, 0.1) is 17.2 Å². The Morgan fingerprint density at radius 3 is 2.59 bits per heavy atom. The lowest BCUT2D eigenvalue weighted by molar-refractivity contribution is 0.0707. The Hall–Kier alpha value is -1.62. The summed E-state index contributed by atoms with van der Waals surface area (Å²) in [5, 5.41) is 21.4. The van der Waals surface area contributed by atoms with Crippen LogP contribution in [0.15, 0.2) is 18.2 Å². The average Bonchev–Trinajstić information content (AvgIpc) is 2.20. The highest BCUT2D eigenvalue weighted by Gasteiger charge is 2.27. The van der Waals surface area contributed by atoms with Gasteiger partial charge in [0.15, 0.2) is 0 Å². The van der Waals surface area contributed by atoms with Crippen molar-refractivity contribution in [3.8, 4) is 5.75 Å². The number of hydrogen-bond acceptors (Lipinski definition) is 3. The van der Waals surface area contributed by atoms with Gasteiger partial charge in [0.25, 0.3) is 5.91 Å². The summed E-state index contributed by atoms with van der Waals surface area (Å²) in [6, 6.07) is 3.12. The van der Waals surface area contributed by atoms with Crippen molar-refractivity contribution in [1.29, 1.82) is 0 Å². The molecule has 1 aromatic rings. The molecule has 0 saturated heterocycles. The van der Waals surface area contributed by atoms with Gasteiger partial charge in [0.2, 0.25) is 0 Å². The molecule has 94 valence electrons. The fraction of sp³-hybridized carbons (Fsp3) is 0.417. The molecule has 1 rings (SSSR count). The summed E-state index contributed by atoms with van der Waals surface area (Å²) in [5.41, 5.74) is -1.02. The molecule has 1 atom stereocenters. The van der Waals surface area contributed by atoms with E-state index in [0.29, 0.717) is 0 Å². The lowest BCUT2D eigenvalue weighted by atomic mass is 9.98. The minimum Gasteiger partial charge on any atom is -0.507 e. The molecule has 4 nitrogen and oxygen atoms in total. The molecule has 0 radical (unpaired) electrons. The number of phenolic OH excluding ortho intramolecular Hbond substituents is 1. The van der Waals surface area contributed by atoms with E-state index in [2.05, 4.69) is 5.32 Å². The highest BCUT2D eigenvalue weighted by Crippen LogP contribution is 2.19. The minimum atomic E-state index is -0.865. The largest absolute Gasteiger partial charge is 0.507 e. The molecule has 1 aromatic carbocycles. The third kappa shape index (κ3) is 3.17. The van der Waals surface area contributed by atoms with Crippen LogP contribution in [0.4, 0.5) is 4.39 Å². The van der Waals surface area contributed by atoms with E-state index in [0.717, 1.165) is 18.2 Å². The molecule has 17 heavy (non-hydrogen) atoms. The van der Waals surface area contributed by atoms with Crippen molar-refractivity contribution in [3.05, 3.63) is 29.6 Å². The molecular formula is C12H16FNO3. The molecule has 0 saturated carbocycles. The van der Waals surface area contributed by atoms with Gasteiger partial charge in [-0.15, -0.1) is 0 Å². The molecule has 0 aliphatic rings. The molecule has 0 bridgehead atoms. The zero-order valence-electron chi connectivity index (χ0n) is 9.99. The summed E-state index contributed by atoms with van der Waals surface area (Å²) in [6.45, 7) is 4.80. The smallest absolute Gasteiger partial charge is 0.255 e. The van der Waals surface area contributed by atoms with Crippen LogP contribution in [0.25, 0.3) is 0 Å². The Kier molecular flexibility index (Phi) is 3.72. The summed E-state index contributed by atoms with van der Waals surface area (Å²) < 4.78 is 13.0. The van der Waals surface area contributed by atoms with Gasteiger partial charge < -0.3 is 15.5 Å². The number of phenols is 1. The molecule has 1 amide bonds. The van der Waals surface area contributed by atoms with Crippen molar-refractivity contribution in [2.75, 3.05) is 0 Å². The van der Waals surface area contributed by atoms with Gasteiger partial charge in [0.1, 0.15) is 11.6 Å². The summed E-state index contributed by atoms with van der Waals surface area (Å²) in [5.74, 6) is -1.54. The quantitative estimate of drug-likeness (QED) is 0.749. The second-order valence-electron chi connectivity index (χ2n) is 4.51. The molecule has 1 unspecified atom stereocenters. The first kappa shape index (κ1) is 13.4. The summed E-state index contributed by atoms with van der Waals surface area (Å²) in [7, 11) is 0. The molecule has 0 fully saturated rings. The predicted octanol–water partition coefficient (Wildman–Crippen LogP) is 1.42. The van der Waals surface area contributed by atoms with Gasteiger partial charge in [0, 0.05) is 0 Å². The van der Waals surface area contributed by atoms with E-state index in [4.69, 9.17) is 0 Å². The van der Waals surface area contributed by atoms with E-state index in [-0.39, 0.29) is 11.3 Å². The number of nitrogens with one attached hydrogen (secondary N) is 1. The van der Waals surface area contributed by atoms with Crippen LogP contribution in [-0.4, -0.2) is 27.8 Å². The fourth-order valence-electron chi connectivity index (χ4n) is 1.15. The van der Waals surface area contributed by atoms with Crippen molar-refractivity contribution in [2.24, 2.45) is 0 Å². The first-order chi connectivity index (χ1) is 7.74. The van der Waals surface area contributed by atoms with E-state index >= 15 is 0 Å². The second kappa shape index (κ2) is 4.71. The van der Waals surface area contributed by atoms with Crippen LogP contribution in [0, 0.1) is 5.82 Å². The number of benzene rings is 1. The number of hydrogen-bond donors (Lipinski definition) is 3. The van der Waals surface area contributed by atoms with E-state index in [1.54, 1.807) is 13.8 Å². The number of aliphatic hydroxyl groups excluding tert-OH is 1. The standard InChI is InChI=1S/C12H16FNO3/c1-7(15)12(2,3)14-11(17)9-6-8(13)4-5-10(9)16/h4-7,15-16H,1-3H3,(H,14,17). The topological polar surface area (TPSA) is 69.6 Å². The van der Waals surface area contributed by atoms with Crippen LogP contribution in [-0.2, 0) is 0 Å². The Morgan fingerprint density at radius 1 is 1.47 bits per heavy atom. The lowest BCUT2D eigenvalue weighted by Gasteiger charge is -2.29. The van der Waals surface area contributed by atoms with Crippen molar-refractivity contribution in [2.45, 2.75) is 32.4 Å². The monoisotopic (exact) mass is 241 g/mol. The van der Waals surface area contributed by atoms with Crippen LogP contribution < -0.4 is 5.32 Å². The van der Waals surface area contributed by atoms with Crippen molar-refractivity contribution in [3.63, 3.8) is 0 Å². The maximum absolute atomic E-state index is 13.0. The highest BCUT2D eigenvalue weighted by molar-refractivity contribution is 5.97. The molecule has 0 spiro atoms. The van der Waals surface area contributed by atoms with Crippen molar-refractivity contribution >= 4 is 5.91 Å². The van der Waals surface area contributed by atoms with Crippen LogP contribution >= 0.6 is 0 Å². The zero-order chi connectivity index (χ0) is 13.2. The fourth-order valence-corrected chi connectivity index (χ4v) is 1.15. The Morgan fingerprint density at radius 2 is 2.06 bits per heavy atom. The van der Waals surface area contributed by atoms with Gasteiger partial charge in [-0.3, -0.25) is 4.79 Å². The summed E-state index contributed by atoms with van der Waals surface area (Å²) in [4.78, 5) is 11.8. The Bertz CT molecular complexity index is 430. The lowest BCUT2D eigenvalue weighted by Crippen LogP contribution is -2.51. The zero-order valence-corrected chi connectivity index (χ0v) is 9.99. The Balaban J connectivity index is 2.94. The van der Waals surface area contributed by atoms with Gasteiger partial charge in [-0.05, 0) is 39.0 Å². The maximum Gasteiger partial charge on any atom is 0.255 e. The second-order valence-corrected chi connectivity index (χ2v) is 4.51. The van der Waals surface area contributed by atoms with E-state index < -0.39 is 23.4 Å². The van der Waals surface area contributed by atoms with E-state index in [1.165, 1.54) is 6.92 Å². The first-order valence-corrected chi connectivity index (χ1v) is 5.23. The van der Waals surface area contributed by atoms with Gasteiger partial charge in [-0.25, -0.2) is 4.39 Å². The average molecular weight is 241 g/mol. The first-order valence-electron chi connectivity index (χ1n) is 5.23. The van der Waals surface area contributed by atoms with E-state index in [9.17, 15) is 19.4 Å². The molecule has 5 heteroatoms. The highest BCUT2D eigenvalue weighted by atomic mass is 19.1. The number of amides is 1. The predicted molar refractivity (Wildman–Crippen MR) is 61.3 cm³/mol. The molecular weight excluding hydrogens is 225 g/mol. The van der Waals surface area contributed by atoms with Crippen molar-refractivity contribution in [1.82, 2.24) is 5.32 Å². The molecule has 0 aliphatic carbocycles. The van der Waals surface area contributed by atoms with Crippen LogP contribution in [0.1, 0.15) is 31.1 Å². The third-order valence-electron chi connectivity index (χ3n) is 2.68. The Labute approximate surface area is 99.1 Å². The van der Waals surface area contributed by atoms with Crippen LogP contribution in [0.5, 0.6) is 5.75 Å². The van der Waals surface area contributed by atoms with Gasteiger partial charge in [-0.2, -0.15) is 0 Å². The number of halogens is 1. The normalized spacial score (nSPS) is 13.2. The number of rotatable bonds is 3. The molecule has 0 aromatic heterocycles. The third-order valence-corrected chi connectivity index (χ3v) is 2.68. The van der Waals surface area contributed by atoms with Crippen LogP contribution in [0.3, 0.4) is 0 Å². The number of carbonyl (C=O) groups is 1. The number of aliphatic hydroxyl groups is 1. The summed E-state index contributed by atoms with van der Waals surface area (Å²) in [6.07, 6.45) is -0.776. The van der Waals surface area contributed by atoms with Crippen molar-refractivity contribution < 1.29 is 19.4 Å². The summed E-state index contributed by atoms with van der Waals surface area (Å²) >= 11 is 0. The van der Waals surface area contributed by atoms with Gasteiger partial charge >= 0.3 is 0 Å². The SMILES string of the molecule is CC(O)C(C)(C)NC(=O)c1cc(F)ccc1O. The molecule has 0 heterocycles. The number of aromatic hydroxyl groups is 1. The van der Waals surface area contributed by atoms with E-state index in [1.807, 2.05) is 0 Å².